The summed E-state index contributed by atoms with van der Waals surface area (Å²) in [5.74, 6) is -1.15. The molecule has 0 aliphatic heterocycles. The highest BCUT2D eigenvalue weighted by atomic mass is 16.4. The van der Waals surface area contributed by atoms with Gasteiger partial charge < -0.3 is 15.0 Å². The van der Waals surface area contributed by atoms with Gasteiger partial charge in [-0.3, -0.25) is 4.79 Å². The van der Waals surface area contributed by atoms with E-state index in [0.717, 1.165) is 16.5 Å². The van der Waals surface area contributed by atoms with Crippen LogP contribution in [0.1, 0.15) is 18.9 Å². The molecule has 0 aliphatic carbocycles. The molecule has 2 rings (SSSR count). The fraction of sp³-hybridized carbons (Fsp3) is 0.333. The highest BCUT2D eigenvalue weighted by Gasteiger charge is 2.21. The third-order valence-corrected chi connectivity index (χ3v) is 3.58. The minimum Gasteiger partial charge on any atom is -0.480 e. The van der Waals surface area contributed by atoms with Gasteiger partial charge in [0.2, 0.25) is 5.91 Å². The Morgan fingerprint density at radius 2 is 2.10 bits per heavy atom. The molecule has 2 aromatic rings. The minimum atomic E-state index is -0.991. The van der Waals surface area contributed by atoms with Crippen molar-refractivity contribution in [2.24, 2.45) is 0 Å². The monoisotopic (exact) mass is 274 g/mol. The third kappa shape index (κ3) is 2.99. The van der Waals surface area contributed by atoms with Gasteiger partial charge >= 0.3 is 5.97 Å². The summed E-state index contributed by atoms with van der Waals surface area (Å²) in [6.45, 7) is 1.51. The van der Waals surface area contributed by atoms with E-state index < -0.39 is 12.0 Å². The number of hydrogen-bond acceptors (Lipinski definition) is 2. The third-order valence-electron chi connectivity index (χ3n) is 3.58. The Bertz CT molecular complexity index is 633. The van der Waals surface area contributed by atoms with Gasteiger partial charge in [0.1, 0.15) is 6.04 Å². The zero-order chi connectivity index (χ0) is 14.7. The fourth-order valence-corrected chi connectivity index (χ4v) is 2.07. The lowest BCUT2D eigenvalue weighted by atomic mass is 10.1. The fourth-order valence-electron chi connectivity index (χ4n) is 2.07. The summed E-state index contributed by atoms with van der Waals surface area (Å²) < 4.78 is 0. The van der Waals surface area contributed by atoms with E-state index in [2.05, 4.69) is 4.98 Å². The second kappa shape index (κ2) is 5.77. The number of nitrogens with zero attached hydrogens (tertiary/aromatic N) is 1. The number of carboxylic acid groups (broad SMARTS) is 1. The zero-order valence-corrected chi connectivity index (χ0v) is 11.6. The summed E-state index contributed by atoms with van der Waals surface area (Å²) >= 11 is 0. The Balaban J connectivity index is 1.97. The summed E-state index contributed by atoms with van der Waals surface area (Å²) in [6, 6.07) is 7.19. The molecular formula is C15H18N2O3. The van der Waals surface area contributed by atoms with Gasteiger partial charge in [-0.05, 0) is 42.5 Å². The van der Waals surface area contributed by atoms with Gasteiger partial charge in [0, 0.05) is 25.2 Å². The molecule has 1 unspecified atom stereocenters. The topological polar surface area (TPSA) is 73.4 Å². The molecule has 20 heavy (non-hydrogen) atoms. The standard InChI is InChI=1S/C15H18N2O3/c1-10(15(19)20)17(2)14(18)6-4-11-3-5-13-12(9-11)7-8-16-13/h3,5,7-10,16H,4,6H2,1-2H3,(H,19,20). The molecule has 1 aromatic carbocycles. The number of carboxylic acids is 1. The van der Waals surface area contributed by atoms with Gasteiger partial charge in [-0.2, -0.15) is 0 Å². The summed E-state index contributed by atoms with van der Waals surface area (Å²) in [6.07, 6.45) is 2.79. The number of rotatable bonds is 5. The van der Waals surface area contributed by atoms with Crippen LogP contribution in [0.5, 0.6) is 0 Å². The lowest BCUT2D eigenvalue weighted by Gasteiger charge is -2.21. The van der Waals surface area contributed by atoms with Crippen LogP contribution in [0.15, 0.2) is 30.5 Å². The van der Waals surface area contributed by atoms with Gasteiger partial charge in [0.15, 0.2) is 0 Å². The van der Waals surface area contributed by atoms with Crippen LogP contribution in [0.4, 0.5) is 0 Å². The molecule has 106 valence electrons. The van der Waals surface area contributed by atoms with E-state index in [1.54, 1.807) is 0 Å². The largest absolute Gasteiger partial charge is 0.480 e. The van der Waals surface area contributed by atoms with Crippen LogP contribution in [-0.4, -0.2) is 40.0 Å². The highest BCUT2D eigenvalue weighted by molar-refractivity contribution is 5.83. The van der Waals surface area contributed by atoms with E-state index in [9.17, 15) is 9.59 Å². The zero-order valence-electron chi connectivity index (χ0n) is 11.6. The van der Waals surface area contributed by atoms with Crippen LogP contribution in [-0.2, 0) is 16.0 Å². The van der Waals surface area contributed by atoms with E-state index in [0.29, 0.717) is 12.8 Å². The minimum absolute atomic E-state index is 0.158. The van der Waals surface area contributed by atoms with Crippen molar-refractivity contribution in [1.29, 1.82) is 0 Å². The van der Waals surface area contributed by atoms with Crippen molar-refractivity contribution in [3.63, 3.8) is 0 Å². The van der Waals surface area contributed by atoms with Crippen LogP contribution in [0.2, 0.25) is 0 Å². The number of carbonyl (C=O) groups excluding carboxylic acids is 1. The molecule has 0 fully saturated rings. The van der Waals surface area contributed by atoms with E-state index in [-0.39, 0.29) is 5.91 Å². The van der Waals surface area contributed by atoms with Crippen molar-refractivity contribution >= 4 is 22.8 Å². The molecule has 0 bridgehead atoms. The second-order valence-electron chi connectivity index (χ2n) is 4.92. The number of nitrogens with one attached hydrogen (secondary N) is 1. The molecule has 0 saturated carbocycles. The van der Waals surface area contributed by atoms with Crippen molar-refractivity contribution in [3.8, 4) is 0 Å². The van der Waals surface area contributed by atoms with Crippen LogP contribution >= 0.6 is 0 Å². The lowest BCUT2D eigenvalue weighted by molar-refractivity contribution is -0.148. The Labute approximate surface area is 117 Å². The van der Waals surface area contributed by atoms with Gasteiger partial charge in [0.25, 0.3) is 0 Å². The summed E-state index contributed by atoms with van der Waals surface area (Å²) in [7, 11) is 1.52. The molecule has 0 spiro atoms. The average Bonchev–Trinajstić information content (AvgIpc) is 2.90. The van der Waals surface area contributed by atoms with Crippen LogP contribution in [0.25, 0.3) is 10.9 Å². The van der Waals surface area contributed by atoms with E-state index in [4.69, 9.17) is 5.11 Å². The maximum absolute atomic E-state index is 11.9. The normalized spacial score (nSPS) is 12.3. The maximum Gasteiger partial charge on any atom is 0.326 e. The first kappa shape index (κ1) is 14.1. The molecule has 5 heteroatoms. The molecule has 1 aromatic heterocycles. The van der Waals surface area contributed by atoms with Gasteiger partial charge in [0.05, 0.1) is 0 Å². The second-order valence-corrected chi connectivity index (χ2v) is 4.92. The highest BCUT2D eigenvalue weighted by Crippen LogP contribution is 2.15. The molecule has 2 N–H and O–H groups in total. The van der Waals surface area contributed by atoms with Gasteiger partial charge in [-0.25, -0.2) is 4.79 Å². The summed E-state index contributed by atoms with van der Waals surface area (Å²) in [5, 5.41) is 10.00. The van der Waals surface area contributed by atoms with Gasteiger partial charge in [-0.15, -0.1) is 0 Å². The predicted molar refractivity (Wildman–Crippen MR) is 76.5 cm³/mol. The predicted octanol–water partition coefficient (Wildman–Crippen LogP) is 2.03. The number of amides is 1. The molecule has 1 amide bonds. The molecule has 0 saturated heterocycles. The number of fused-ring (bicyclic) bond motifs is 1. The number of aryl methyl sites for hydroxylation is 1. The maximum atomic E-state index is 11.9. The number of aliphatic carboxylic acids is 1. The summed E-state index contributed by atoms with van der Waals surface area (Å²) in [5.41, 5.74) is 2.14. The number of likely N-dealkylation sites (N-methyl/N-ethyl adjacent to an activating group) is 1. The number of carbonyl (C=O) groups is 2. The Morgan fingerprint density at radius 3 is 2.80 bits per heavy atom. The van der Waals surface area contributed by atoms with E-state index in [1.165, 1.54) is 18.9 Å². The van der Waals surface area contributed by atoms with Crippen molar-refractivity contribution in [2.75, 3.05) is 7.05 Å². The number of aromatic amines is 1. The van der Waals surface area contributed by atoms with Gasteiger partial charge in [-0.1, -0.05) is 6.07 Å². The SMILES string of the molecule is CC(C(=O)O)N(C)C(=O)CCc1ccc2[nH]ccc2c1. The van der Waals surface area contributed by atoms with Crippen LogP contribution in [0, 0.1) is 0 Å². The summed E-state index contributed by atoms with van der Waals surface area (Å²) in [4.78, 5) is 27.2. The Hall–Kier alpha value is -2.30. The number of H-pyrrole nitrogens is 1. The van der Waals surface area contributed by atoms with E-state index in [1.807, 2.05) is 30.5 Å². The van der Waals surface area contributed by atoms with Crippen LogP contribution in [0.3, 0.4) is 0 Å². The number of hydrogen-bond donors (Lipinski definition) is 2. The molecular weight excluding hydrogens is 256 g/mol. The Kier molecular flexibility index (Phi) is 4.08. The quantitative estimate of drug-likeness (QED) is 0.876. The van der Waals surface area contributed by atoms with Crippen LogP contribution < -0.4 is 0 Å². The molecule has 0 aliphatic rings. The smallest absolute Gasteiger partial charge is 0.326 e. The van der Waals surface area contributed by atoms with Crippen molar-refractivity contribution < 1.29 is 14.7 Å². The number of aromatic nitrogens is 1. The first-order valence-electron chi connectivity index (χ1n) is 6.53. The first-order valence-corrected chi connectivity index (χ1v) is 6.53. The van der Waals surface area contributed by atoms with E-state index >= 15 is 0 Å². The Morgan fingerprint density at radius 1 is 1.35 bits per heavy atom. The first-order chi connectivity index (χ1) is 9.49. The van der Waals surface area contributed by atoms with Crippen molar-refractivity contribution in [1.82, 2.24) is 9.88 Å². The molecule has 0 radical (unpaired) electrons. The van der Waals surface area contributed by atoms with Crippen molar-refractivity contribution in [3.05, 3.63) is 36.0 Å². The lowest BCUT2D eigenvalue weighted by Crippen LogP contribution is -2.40. The molecule has 5 nitrogen and oxygen atoms in total. The molecule has 1 atom stereocenters. The van der Waals surface area contributed by atoms with Crippen molar-refractivity contribution in [2.45, 2.75) is 25.8 Å². The average molecular weight is 274 g/mol. The number of benzene rings is 1. The molecule has 1 heterocycles.